The normalized spacial score (nSPS) is 12.4. The third kappa shape index (κ3) is 5.48. The first-order chi connectivity index (χ1) is 8.26. The van der Waals surface area contributed by atoms with Crippen molar-refractivity contribution in [3.63, 3.8) is 0 Å². The van der Waals surface area contributed by atoms with Gasteiger partial charge < -0.3 is 5.73 Å². The molecule has 1 rings (SSSR count). The van der Waals surface area contributed by atoms with Crippen LogP contribution in [0.3, 0.4) is 0 Å². The van der Waals surface area contributed by atoms with Gasteiger partial charge in [-0.2, -0.15) is 0 Å². The molecule has 17 heavy (non-hydrogen) atoms. The molecule has 0 amide bonds. The lowest BCUT2D eigenvalue weighted by Crippen LogP contribution is -2.39. The quantitative estimate of drug-likeness (QED) is 0.694. The van der Waals surface area contributed by atoms with Gasteiger partial charge in [0.25, 0.3) is 0 Å². The van der Waals surface area contributed by atoms with Crippen LogP contribution >= 0.6 is 0 Å². The summed E-state index contributed by atoms with van der Waals surface area (Å²) in [5, 5.41) is 0. The molecule has 0 aromatic heterocycles. The standard InChI is InChI=1S/C15H22N2/c1-3-10-17(11-4-2)13-15(16)12-14-8-6-5-7-9-14/h3-9,15H,1-2,10-13,16H2. The molecule has 92 valence electrons. The summed E-state index contributed by atoms with van der Waals surface area (Å²) >= 11 is 0. The highest BCUT2D eigenvalue weighted by Crippen LogP contribution is 2.03. The summed E-state index contributed by atoms with van der Waals surface area (Å²) < 4.78 is 0. The molecule has 1 atom stereocenters. The summed E-state index contributed by atoms with van der Waals surface area (Å²) in [5.41, 5.74) is 7.45. The first kappa shape index (κ1) is 13.7. The van der Waals surface area contributed by atoms with Gasteiger partial charge in [0.2, 0.25) is 0 Å². The first-order valence-electron chi connectivity index (χ1n) is 6.00. The lowest BCUT2D eigenvalue weighted by molar-refractivity contribution is 0.310. The van der Waals surface area contributed by atoms with Crippen LogP contribution < -0.4 is 5.73 Å². The minimum atomic E-state index is 0.150. The van der Waals surface area contributed by atoms with E-state index >= 15 is 0 Å². The smallest absolute Gasteiger partial charge is 0.0208 e. The molecule has 1 unspecified atom stereocenters. The predicted molar refractivity (Wildman–Crippen MR) is 75.0 cm³/mol. The molecule has 2 heteroatoms. The number of benzene rings is 1. The fourth-order valence-electron chi connectivity index (χ4n) is 1.90. The largest absolute Gasteiger partial charge is 0.326 e. The summed E-state index contributed by atoms with van der Waals surface area (Å²) in [6, 6.07) is 10.5. The van der Waals surface area contributed by atoms with E-state index in [2.05, 4.69) is 30.2 Å². The molecule has 1 aromatic rings. The van der Waals surface area contributed by atoms with Crippen molar-refractivity contribution in [1.29, 1.82) is 0 Å². The van der Waals surface area contributed by atoms with E-state index in [9.17, 15) is 0 Å². The molecule has 2 nitrogen and oxygen atoms in total. The van der Waals surface area contributed by atoms with E-state index in [4.69, 9.17) is 5.73 Å². The monoisotopic (exact) mass is 230 g/mol. The van der Waals surface area contributed by atoms with Crippen molar-refractivity contribution < 1.29 is 0 Å². The highest BCUT2D eigenvalue weighted by molar-refractivity contribution is 5.15. The van der Waals surface area contributed by atoms with Gasteiger partial charge >= 0.3 is 0 Å². The molecule has 0 heterocycles. The average molecular weight is 230 g/mol. The molecular formula is C15H22N2. The molecule has 0 aliphatic heterocycles. The van der Waals surface area contributed by atoms with Crippen LogP contribution in [0.15, 0.2) is 55.6 Å². The first-order valence-corrected chi connectivity index (χ1v) is 6.00. The van der Waals surface area contributed by atoms with Gasteiger partial charge in [0, 0.05) is 25.7 Å². The van der Waals surface area contributed by atoms with Crippen LogP contribution in [0.1, 0.15) is 5.56 Å². The molecule has 1 aromatic carbocycles. The lowest BCUT2D eigenvalue weighted by atomic mass is 10.1. The minimum Gasteiger partial charge on any atom is -0.326 e. The number of hydrogen-bond donors (Lipinski definition) is 1. The zero-order valence-corrected chi connectivity index (χ0v) is 10.4. The Labute approximate surface area is 104 Å². The Bertz CT molecular complexity index is 322. The third-order valence-corrected chi connectivity index (χ3v) is 2.61. The third-order valence-electron chi connectivity index (χ3n) is 2.61. The molecule has 0 spiro atoms. The zero-order chi connectivity index (χ0) is 12.5. The number of hydrogen-bond acceptors (Lipinski definition) is 2. The van der Waals surface area contributed by atoms with E-state index in [-0.39, 0.29) is 6.04 Å². The van der Waals surface area contributed by atoms with Gasteiger partial charge in [0.05, 0.1) is 0 Å². The summed E-state index contributed by atoms with van der Waals surface area (Å²) in [4.78, 5) is 2.24. The van der Waals surface area contributed by atoms with E-state index in [0.717, 1.165) is 26.1 Å². The van der Waals surface area contributed by atoms with E-state index in [1.807, 2.05) is 30.4 Å². The van der Waals surface area contributed by atoms with Crippen molar-refractivity contribution in [2.45, 2.75) is 12.5 Å². The number of nitrogens with zero attached hydrogens (tertiary/aromatic N) is 1. The van der Waals surface area contributed by atoms with E-state index in [1.165, 1.54) is 5.56 Å². The van der Waals surface area contributed by atoms with Crippen molar-refractivity contribution in [3.8, 4) is 0 Å². The van der Waals surface area contributed by atoms with Crippen LogP contribution in [0.4, 0.5) is 0 Å². The summed E-state index contributed by atoms with van der Waals surface area (Å²) in [7, 11) is 0. The van der Waals surface area contributed by atoms with Crippen molar-refractivity contribution in [1.82, 2.24) is 4.90 Å². The number of nitrogens with two attached hydrogens (primary N) is 1. The van der Waals surface area contributed by atoms with Crippen LogP contribution in [0.5, 0.6) is 0 Å². The summed E-state index contributed by atoms with van der Waals surface area (Å²) in [6.45, 7) is 10.1. The van der Waals surface area contributed by atoms with Gasteiger partial charge in [0.1, 0.15) is 0 Å². The van der Waals surface area contributed by atoms with Crippen LogP contribution in [0.25, 0.3) is 0 Å². The van der Waals surface area contributed by atoms with Gasteiger partial charge in [-0.15, -0.1) is 13.2 Å². The van der Waals surface area contributed by atoms with E-state index in [0.29, 0.717) is 0 Å². The summed E-state index contributed by atoms with van der Waals surface area (Å²) in [6.07, 6.45) is 4.71. The van der Waals surface area contributed by atoms with Gasteiger partial charge in [-0.25, -0.2) is 0 Å². The van der Waals surface area contributed by atoms with Crippen molar-refractivity contribution in [2.75, 3.05) is 19.6 Å². The molecule has 0 aliphatic carbocycles. The molecular weight excluding hydrogens is 208 g/mol. The van der Waals surface area contributed by atoms with E-state index in [1.54, 1.807) is 0 Å². The van der Waals surface area contributed by atoms with Gasteiger partial charge in [-0.1, -0.05) is 42.5 Å². The minimum absolute atomic E-state index is 0.150. The predicted octanol–water partition coefficient (Wildman–Crippen LogP) is 2.23. The maximum atomic E-state index is 6.16. The van der Waals surface area contributed by atoms with Gasteiger partial charge in [-0.05, 0) is 12.0 Å². The maximum absolute atomic E-state index is 6.16. The average Bonchev–Trinajstić information content (AvgIpc) is 2.30. The molecule has 0 aliphatic rings. The topological polar surface area (TPSA) is 29.3 Å². The second-order valence-electron chi connectivity index (χ2n) is 4.25. The molecule has 0 radical (unpaired) electrons. The molecule has 0 bridgehead atoms. The van der Waals surface area contributed by atoms with Crippen molar-refractivity contribution in [2.24, 2.45) is 5.73 Å². The fraction of sp³-hybridized carbons (Fsp3) is 0.333. The Hall–Kier alpha value is -1.38. The second-order valence-corrected chi connectivity index (χ2v) is 4.25. The highest BCUT2D eigenvalue weighted by Gasteiger charge is 2.08. The van der Waals surface area contributed by atoms with Gasteiger partial charge in [0.15, 0.2) is 0 Å². The molecule has 2 N–H and O–H groups in total. The zero-order valence-electron chi connectivity index (χ0n) is 10.4. The lowest BCUT2D eigenvalue weighted by Gasteiger charge is -2.23. The van der Waals surface area contributed by atoms with Crippen LogP contribution in [-0.4, -0.2) is 30.6 Å². The Balaban J connectivity index is 2.44. The molecule has 0 fully saturated rings. The maximum Gasteiger partial charge on any atom is 0.0208 e. The fourth-order valence-corrected chi connectivity index (χ4v) is 1.90. The number of rotatable bonds is 8. The van der Waals surface area contributed by atoms with Gasteiger partial charge in [-0.3, -0.25) is 4.90 Å². The molecule has 0 saturated carbocycles. The highest BCUT2D eigenvalue weighted by atomic mass is 15.1. The second kappa shape index (κ2) is 7.82. The Morgan fingerprint density at radius 2 is 1.71 bits per heavy atom. The van der Waals surface area contributed by atoms with Crippen LogP contribution in [0.2, 0.25) is 0 Å². The summed E-state index contributed by atoms with van der Waals surface area (Å²) in [5.74, 6) is 0. The SMILES string of the molecule is C=CCN(CC=C)CC(N)Cc1ccccc1. The van der Waals surface area contributed by atoms with Crippen molar-refractivity contribution >= 4 is 0 Å². The van der Waals surface area contributed by atoms with Crippen LogP contribution in [0, 0.1) is 0 Å². The van der Waals surface area contributed by atoms with E-state index < -0.39 is 0 Å². The Kier molecular flexibility index (Phi) is 6.30. The Morgan fingerprint density at radius 1 is 1.12 bits per heavy atom. The van der Waals surface area contributed by atoms with Crippen LogP contribution in [-0.2, 0) is 6.42 Å². The molecule has 0 saturated heterocycles. The van der Waals surface area contributed by atoms with Crippen molar-refractivity contribution in [3.05, 3.63) is 61.2 Å². The Morgan fingerprint density at radius 3 is 2.24 bits per heavy atom.